The van der Waals surface area contributed by atoms with Crippen LogP contribution < -0.4 is 0 Å². The maximum Gasteiger partial charge on any atom is 0.340 e. The number of benzene rings is 1. The summed E-state index contributed by atoms with van der Waals surface area (Å²) in [6.07, 6.45) is -1.89. The van der Waals surface area contributed by atoms with Gasteiger partial charge in [0.05, 0.1) is 6.61 Å². The van der Waals surface area contributed by atoms with Crippen molar-refractivity contribution in [2.24, 2.45) is 0 Å². The van der Waals surface area contributed by atoms with Crippen LogP contribution >= 0.6 is 0 Å². The van der Waals surface area contributed by atoms with Crippen molar-refractivity contribution in [3.8, 4) is 0 Å². The van der Waals surface area contributed by atoms with Gasteiger partial charge in [-0.15, -0.1) is 0 Å². The Morgan fingerprint density at radius 2 is 2.11 bits per heavy atom. The van der Waals surface area contributed by atoms with Crippen LogP contribution in [0.4, 0.5) is 0 Å². The molecule has 1 unspecified atom stereocenters. The lowest BCUT2D eigenvalue weighted by atomic mass is 10.1. The van der Waals surface area contributed by atoms with Crippen LogP contribution in [0.25, 0.3) is 0 Å². The topological polar surface area (TPSA) is 76.0 Å². The Bertz CT molecular complexity index is 392. The number of hydrogen-bond donors (Lipinski definition) is 2. The molecule has 0 radical (unpaired) electrons. The molecule has 0 spiro atoms. The fraction of sp³-hybridized carbons (Fsp3) is 0.462. The number of hydrogen-bond acceptors (Lipinski definition) is 5. The Morgan fingerprint density at radius 1 is 1.39 bits per heavy atom. The van der Waals surface area contributed by atoms with Crippen LogP contribution in [-0.4, -0.2) is 35.2 Å². The summed E-state index contributed by atoms with van der Waals surface area (Å²) in [6, 6.07) is 8.52. The first-order valence-electron chi connectivity index (χ1n) is 5.91. The van der Waals surface area contributed by atoms with Gasteiger partial charge in [0, 0.05) is 0 Å². The smallest absolute Gasteiger partial charge is 0.340 e. The molecule has 0 bridgehead atoms. The molecule has 0 saturated carbocycles. The van der Waals surface area contributed by atoms with Crippen molar-refractivity contribution in [3.05, 3.63) is 35.9 Å². The van der Waals surface area contributed by atoms with E-state index in [1.807, 2.05) is 0 Å². The molecule has 18 heavy (non-hydrogen) atoms. The molecule has 2 N–H and O–H groups in total. The second kappa shape index (κ2) is 5.95. The summed E-state index contributed by atoms with van der Waals surface area (Å²) in [5.74, 6) is -0.768. The normalized spacial score (nSPS) is 25.4. The standard InChI is InChI=1S/C13H16O5/c14-11(9-5-2-1-3-6-9)13(16)18-10-7-4-8-17-12(10)15/h1-3,5-6,10-12,14-15H,4,7-8H2/t10-,11-,12?/m0/s1. The highest BCUT2D eigenvalue weighted by molar-refractivity contribution is 5.76. The summed E-state index contributed by atoms with van der Waals surface area (Å²) >= 11 is 0. The molecule has 0 aromatic heterocycles. The first-order valence-corrected chi connectivity index (χ1v) is 5.91. The summed E-state index contributed by atoms with van der Waals surface area (Å²) in [7, 11) is 0. The zero-order chi connectivity index (χ0) is 13.0. The van der Waals surface area contributed by atoms with Gasteiger partial charge < -0.3 is 19.7 Å². The van der Waals surface area contributed by atoms with Gasteiger partial charge in [0.2, 0.25) is 0 Å². The van der Waals surface area contributed by atoms with Crippen molar-refractivity contribution >= 4 is 5.97 Å². The minimum Gasteiger partial charge on any atom is -0.455 e. The van der Waals surface area contributed by atoms with Gasteiger partial charge in [-0.2, -0.15) is 0 Å². The molecular formula is C13H16O5. The van der Waals surface area contributed by atoms with Crippen LogP contribution in [0.2, 0.25) is 0 Å². The summed E-state index contributed by atoms with van der Waals surface area (Å²) in [5.41, 5.74) is 0.466. The van der Waals surface area contributed by atoms with Gasteiger partial charge in [-0.1, -0.05) is 30.3 Å². The third kappa shape index (κ3) is 3.07. The van der Waals surface area contributed by atoms with E-state index in [9.17, 15) is 15.0 Å². The number of esters is 1. The van der Waals surface area contributed by atoms with Crippen LogP contribution in [0.3, 0.4) is 0 Å². The molecule has 1 aliphatic rings. The van der Waals surface area contributed by atoms with Crippen molar-refractivity contribution in [1.29, 1.82) is 0 Å². The van der Waals surface area contributed by atoms with Crippen molar-refractivity contribution in [2.45, 2.75) is 31.3 Å². The molecular weight excluding hydrogens is 236 g/mol. The average molecular weight is 252 g/mol. The van der Waals surface area contributed by atoms with Crippen LogP contribution in [0.1, 0.15) is 24.5 Å². The van der Waals surface area contributed by atoms with E-state index < -0.39 is 24.5 Å². The number of carbonyl (C=O) groups excluding carboxylic acids is 1. The first-order chi connectivity index (χ1) is 8.68. The predicted molar refractivity (Wildman–Crippen MR) is 62.5 cm³/mol. The van der Waals surface area contributed by atoms with Gasteiger partial charge in [0.1, 0.15) is 0 Å². The fourth-order valence-electron chi connectivity index (χ4n) is 1.84. The summed E-state index contributed by atoms with van der Waals surface area (Å²) in [4.78, 5) is 11.7. The molecule has 5 nitrogen and oxygen atoms in total. The van der Waals surface area contributed by atoms with E-state index >= 15 is 0 Å². The third-order valence-corrected chi connectivity index (χ3v) is 2.85. The van der Waals surface area contributed by atoms with Gasteiger partial charge in [-0.3, -0.25) is 0 Å². The second-order valence-corrected chi connectivity index (χ2v) is 4.19. The van der Waals surface area contributed by atoms with E-state index in [1.165, 1.54) is 0 Å². The molecule has 1 aliphatic heterocycles. The van der Waals surface area contributed by atoms with E-state index in [0.29, 0.717) is 18.6 Å². The van der Waals surface area contributed by atoms with Gasteiger partial charge >= 0.3 is 5.97 Å². The van der Waals surface area contributed by atoms with Crippen molar-refractivity contribution in [3.63, 3.8) is 0 Å². The molecule has 0 amide bonds. The van der Waals surface area contributed by atoms with Gasteiger partial charge in [-0.25, -0.2) is 4.79 Å². The highest BCUT2D eigenvalue weighted by Gasteiger charge is 2.30. The van der Waals surface area contributed by atoms with Crippen molar-refractivity contribution in [2.75, 3.05) is 6.61 Å². The summed E-state index contributed by atoms with van der Waals surface area (Å²) in [5, 5.41) is 19.3. The maximum absolute atomic E-state index is 11.7. The molecule has 3 atom stereocenters. The molecule has 1 saturated heterocycles. The number of carbonyl (C=O) groups is 1. The lowest BCUT2D eigenvalue weighted by Crippen LogP contribution is -2.38. The number of rotatable bonds is 3. The molecule has 5 heteroatoms. The molecule has 1 aromatic carbocycles. The highest BCUT2D eigenvalue weighted by Crippen LogP contribution is 2.20. The summed E-state index contributed by atoms with van der Waals surface area (Å²) in [6.45, 7) is 0.455. The lowest BCUT2D eigenvalue weighted by molar-refractivity contribution is -0.211. The minimum absolute atomic E-state index is 0.455. The van der Waals surface area contributed by atoms with E-state index in [-0.39, 0.29) is 0 Å². The van der Waals surface area contributed by atoms with Crippen molar-refractivity contribution < 1.29 is 24.5 Å². The van der Waals surface area contributed by atoms with Crippen LogP contribution in [-0.2, 0) is 14.3 Å². The molecule has 98 valence electrons. The lowest BCUT2D eigenvalue weighted by Gasteiger charge is -2.28. The second-order valence-electron chi connectivity index (χ2n) is 4.19. The van der Waals surface area contributed by atoms with Crippen LogP contribution in [0.5, 0.6) is 0 Å². The van der Waals surface area contributed by atoms with E-state index in [2.05, 4.69) is 0 Å². The third-order valence-electron chi connectivity index (χ3n) is 2.85. The van der Waals surface area contributed by atoms with Crippen LogP contribution in [0.15, 0.2) is 30.3 Å². The first kappa shape index (κ1) is 13.0. The Labute approximate surface area is 105 Å². The maximum atomic E-state index is 11.7. The van der Waals surface area contributed by atoms with Gasteiger partial charge in [0.25, 0.3) is 0 Å². The Hall–Kier alpha value is -1.43. The zero-order valence-corrected chi connectivity index (χ0v) is 9.86. The fourth-order valence-corrected chi connectivity index (χ4v) is 1.84. The zero-order valence-electron chi connectivity index (χ0n) is 9.86. The number of ether oxygens (including phenoxy) is 2. The SMILES string of the molecule is O=C(O[C@H]1CCCOC1O)[C@@H](O)c1ccccc1. The molecule has 1 heterocycles. The van der Waals surface area contributed by atoms with Crippen molar-refractivity contribution in [1.82, 2.24) is 0 Å². The monoisotopic (exact) mass is 252 g/mol. The Morgan fingerprint density at radius 3 is 2.78 bits per heavy atom. The number of aliphatic hydroxyl groups is 2. The van der Waals surface area contributed by atoms with Gasteiger partial charge in [0.15, 0.2) is 18.5 Å². The Balaban J connectivity index is 1.95. The van der Waals surface area contributed by atoms with E-state index in [1.54, 1.807) is 30.3 Å². The quantitative estimate of drug-likeness (QED) is 0.777. The predicted octanol–water partition coefficient (Wildman–Crippen LogP) is 0.761. The highest BCUT2D eigenvalue weighted by atomic mass is 16.6. The molecule has 1 aromatic rings. The largest absolute Gasteiger partial charge is 0.455 e. The molecule has 0 aliphatic carbocycles. The van der Waals surface area contributed by atoms with Gasteiger partial charge in [-0.05, 0) is 18.4 Å². The summed E-state index contributed by atoms with van der Waals surface area (Å²) < 4.78 is 10.0. The number of aliphatic hydroxyl groups excluding tert-OH is 2. The molecule has 2 rings (SSSR count). The van der Waals surface area contributed by atoms with E-state index in [4.69, 9.17) is 9.47 Å². The average Bonchev–Trinajstić information content (AvgIpc) is 2.41. The van der Waals surface area contributed by atoms with Crippen LogP contribution in [0, 0.1) is 0 Å². The Kier molecular flexibility index (Phi) is 4.30. The van der Waals surface area contributed by atoms with E-state index in [0.717, 1.165) is 6.42 Å². The minimum atomic E-state index is -1.33. The molecule has 1 fully saturated rings.